The van der Waals surface area contributed by atoms with Crippen LogP contribution in [0, 0.1) is 5.82 Å². The highest BCUT2D eigenvalue weighted by molar-refractivity contribution is 9.10. The van der Waals surface area contributed by atoms with Crippen molar-refractivity contribution in [1.29, 1.82) is 0 Å². The van der Waals surface area contributed by atoms with Crippen LogP contribution in [0.2, 0.25) is 0 Å². The lowest BCUT2D eigenvalue weighted by Gasteiger charge is -2.08. The number of halogens is 2. The van der Waals surface area contributed by atoms with Crippen molar-refractivity contribution in [3.05, 3.63) is 82.7 Å². The van der Waals surface area contributed by atoms with Crippen molar-refractivity contribution in [3.63, 3.8) is 0 Å². The maximum absolute atomic E-state index is 13.6. The molecule has 4 nitrogen and oxygen atoms in total. The van der Waals surface area contributed by atoms with Crippen LogP contribution >= 0.6 is 15.9 Å². The summed E-state index contributed by atoms with van der Waals surface area (Å²) in [7, 11) is 0. The molecule has 1 heterocycles. The zero-order chi connectivity index (χ0) is 16.9. The van der Waals surface area contributed by atoms with E-state index in [9.17, 15) is 9.18 Å². The number of nitrogens with one attached hydrogen (secondary N) is 2. The van der Waals surface area contributed by atoms with Gasteiger partial charge in [0, 0.05) is 16.4 Å². The number of hydrogen-bond acceptors (Lipinski definition) is 3. The maximum Gasteiger partial charge on any atom is 0.257 e. The summed E-state index contributed by atoms with van der Waals surface area (Å²) < 4.78 is 14.5. The molecule has 0 unspecified atom stereocenters. The van der Waals surface area contributed by atoms with Gasteiger partial charge in [-0.25, -0.2) is 9.37 Å². The first-order valence-corrected chi connectivity index (χ1v) is 7.95. The largest absolute Gasteiger partial charge is 0.338 e. The van der Waals surface area contributed by atoms with Gasteiger partial charge in [0.1, 0.15) is 11.6 Å². The molecule has 6 heteroatoms. The molecule has 0 spiro atoms. The van der Waals surface area contributed by atoms with Crippen molar-refractivity contribution in [1.82, 2.24) is 4.98 Å². The van der Waals surface area contributed by atoms with E-state index in [4.69, 9.17) is 0 Å². The van der Waals surface area contributed by atoms with Crippen LogP contribution in [0.3, 0.4) is 0 Å². The van der Waals surface area contributed by atoms with Crippen LogP contribution in [0.5, 0.6) is 0 Å². The zero-order valence-corrected chi connectivity index (χ0v) is 14.0. The predicted molar refractivity (Wildman–Crippen MR) is 96.0 cm³/mol. The Kier molecular flexibility index (Phi) is 4.86. The molecule has 1 aromatic heterocycles. The van der Waals surface area contributed by atoms with E-state index >= 15 is 0 Å². The number of para-hydroxylation sites is 1. The molecule has 0 atom stereocenters. The molecule has 0 radical (unpaired) electrons. The SMILES string of the molecule is O=C(Nc1ccc(Br)cc1)c1ccc(Nc2ccccc2F)nc1. The Hall–Kier alpha value is -2.73. The number of benzene rings is 2. The van der Waals surface area contributed by atoms with Crippen molar-refractivity contribution >= 4 is 39.0 Å². The molecule has 2 N–H and O–H groups in total. The summed E-state index contributed by atoms with van der Waals surface area (Å²) in [5.41, 5.74) is 1.44. The summed E-state index contributed by atoms with van der Waals surface area (Å²) in [4.78, 5) is 16.3. The molecule has 0 fully saturated rings. The maximum atomic E-state index is 13.6. The Bertz CT molecular complexity index is 851. The number of anilines is 3. The summed E-state index contributed by atoms with van der Waals surface area (Å²) in [6, 6.07) is 16.9. The van der Waals surface area contributed by atoms with E-state index in [1.165, 1.54) is 12.3 Å². The van der Waals surface area contributed by atoms with E-state index in [0.717, 1.165) is 4.47 Å². The normalized spacial score (nSPS) is 10.2. The molecule has 1 amide bonds. The standard InChI is InChI=1S/C18H13BrFN3O/c19-13-6-8-14(9-7-13)22-18(24)12-5-10-17(21-11-12)23-16-4-2-1-3-15(16)20/h1-11H,(H,21,23)(H,22,24). The lowest BCUT2D eigenvalue weighted by molar-refractivity contribution is 0.102. The summed E-state index contributed by atoms with van der Waals surface area (Å²) in [6.45, 7) is 0. The van der Waals surface area contributed by atoms with E-state index in [1.54, 1.807) is 42.5 Å². The predicted octanol–water partition coefficient (Wildman–Crippen LogP) is 4.98. The second-order valence-corrected chi connectivity index (χ2v) is 5.91. The van der Waals surface area contributed by atoms with Gasteiger partial charge in [-0.1, -0.05) is 28.1 Å². The van der Waals surface area contributed by atoms with Crippen LogP contribution in [-0.4, -0.2) is 10.9 Å². The molecule has 3 rings (SSSR count). The van der Waals surface area contributed by atoms with Crippen LogP contribution in [0.25, 0.3) is 0 Å². The van der Waals surface area contributed by atoms with Gasteiger partial charge in [0.2, 0.25) is 0 Å². The van der Waals surface area contributed by atoms with E-state index < -0.39 is 0 Å². The van der Waals surface area contributed by atoms with Crippen molar-refractivity contribution < 1.29 is 9.18 Å². The molecule has 0 saturated carbocycles. The molecule has 3 aromatic rings. The number of nitrogens with zero attached hydrogens (tertiary/aromatic N) is 1. The average molecular weight is 386 g/mol. The van der Waals surface area contributed by atoms with Crippen molar-refractivity contribution in [3.8, 4) is 0 Å². The van der Waals surface area contributed by atoms with Crippen molar-refractivity contribution in [2.75, 3.05) is 10.6 Å². The van der Waals surface area contributed by atoms with Crippen LogP contribution < -0.4 is 10.6 Å². The number of pyridine rings is 1. The van der Waals surface area contributed by atoms with Gasteiger partial charge >= 0.3 is 0 Å². The summed E-state index contributed by atoms with van der Waals surface area (Å²) in [5, 5.41) is 5.65. The topological polar surface area (TPSA) is 54.0 Å². The smallest absolute Gasteiger partial charge is 0.257 e. The highest BCUT2D eigenvalue weighted by atomic mass is 79.9. The fourth-order valence-electron chi connectivity index (χ4n) is 2.04. The third-order valence-corrected chi connectivity index (χ3v) is 3.79. The molecule has 24 heavy (non-hydrogen) atoms. The van der Waals surface area contributed by atoms with Crippen LogP contribution in [0.15, 0.2) is 71.3 Å². The van der Waals surface area contributed by atoms with Crippen molar-refractivity contribution in [2.45, 2.75) is 0 Å². The lowest BCUT2D eigenvalue weighted by atomic mass is 10.2. The third kappa shape index (κ3) is 3.97. The first-order chi connectivity index (χ1) is 11.6. The van der Waals surface area contributed by atoms with Crippen LogP contribution in [0.1, 0.15) is 10.4 Å². The average Bonchev–Trinajstić information content (AvgIpc) is 2.59. The number of rotatable bonds is 4. The molecule has 0 aliphatic heterocycles. The van der Waals surface area contributed by atoms with Gasteiger partial charge in [0.05, 0.1) is 11.3 Å². The van der Waals surface area contributed by atoms with E-state index in [2.05, 4.69) is 31.5 Å². The van der Waals surface area contributed by atoms with Gasteiger partial charge < -0.3 is 10.6 Å². The number of amides is 1. The van der Waals surface area contributed by atoms with Gasteiger partial charge in [-0.2, -0.15) is 0 Å². The van der Waals surface area contributed by atoms with Crippen molar-refractivity contribution in [2.24, 2.45) is 0 Å². The van der Waals surface area contributed by atoms with E-state index in [-0.39, 0.29) is 11.7 Å². The first kappa shape index (κ1) is 16.1. The minimum absolute atomic E-state index is 0.262. The molecule has 120 valence electrons. The van der Waals surface area contributed by atoms with Gasteiger partial charge in [0.25, 0.3) is 5.91 Å². The Labute approximate surface area is 146 Å². The summed E-state index contributed by atoms with van der Waals surface area (Å²) in [5.74, 6) is -0.168. The number of carbonyl (C=O) groups excluding carboxylic acids is 1. The van der Waals surface area contributed by atoms with Crippen LogP contribution in [0.4, 0.5) is 21.6 Å². The fourth-order valence-corrected chi connectivity index (χ4v) is 2.30. The Morgan fingerprint density at radius 1 is 1.00 bits per heavy atom. The summed E-state index contributed by atoms with van der Waals surface area (Å²) >= 11 is 3.34. The number of aromatic nitrogens is 1. The van der Waals surface area contributed by atoms with Gasteiger partial charge in [-0.15, -0.1) is 0 Å². The quantitative estimate of drug-likeness (QED) is 0.665. The molecular formula is C18H13BrFN3O. The fraction of sp³-hybridized carbons (Fsp3) is 0. The second-order valence-electron chi connectivity index (χ2n) is 5.00. The van der Waals surface area contributed by atoms with Gasteiger partial charge in [-0.05, 0) is 48.5 Å². The second kappa shape index (κ2) is 7.23. The molecule has 2 aromatic carbocycles. The number of carbonyl (C=O) groups is 1. The molecule has 0 bridgehead atoms. The van der Waals surface area contributed by atoms with Gasteiger partial charge in [-0.3, -0.25) is 4.79 Å². The lowest BCUT2D eigenvalue weighted by Crippen LogP contribution is -2.12. The monoisotopic (exact) mass is 385 g/mol. The van der Waals surface area contributed by atoms with Crippen LogP contribution in [-0.2, 0) is 0 Å². The molecule has 0 saturated heterocycles. The van der Waals surface area contributed by atoms with E-state index in [1.807, 2.05) is 12.1 Å². The van der Waals surface area contributed by atoms with Gasteiger partial charge in [0.15, 0.2) is 0 Å². The molecular weight excluding hydrogens is 373 g/mol. The Morgan fingerprint density at radius 2 is 1.75 bits per heavy atom. The molecule has 0 aliphatic carbocycles. The summed E-state index contributed by atoms with van der Waals surface area (Å²) in [6.07, 6.45) is 1.44. The number of hydrogen-bond donors (Lipinski definition) is 2. The minimum Gasteiger partial charge on any atom is -0.338 e. The Balaban J connectivity index is 1.68. The molecule has 0 aliphatic rings. The third-order valence-electron chi connectivity index (χ3n) is 3.26. The highest BCUT2D eigenvalue weighted by Crippen LogP contribution is 2.19. The zero-order valence-electron chi connectivity index (χ0n) is 12.5. The highest BCUT2D eigenvalue weighted by Gasteiger charge is 2.08. The Morgan fingerprint density at radius 3 is 2.42 bits per heavy atom. The minimum atomic E-state index is -0.364. The van der Waals surface area contributed by atoms with E-state index in [0.29, 0.717) is 22.8 Å². The first-order valence-electron chi connectivity index (χ1n) is 7.16.